The van der Waals surface area contributed by atoms with Gasteiger partial charge in [0, 0.05) is 47.8 Å². The van der Waals surface area contributed by atoms with E-state index in [9.17, 15) is 14.4 Å². The number of rotatable bonds is 5. The molecule has 0 unspecified atom stereocenters. The molecule has 3 amide bonds. The third-order valence-electron chi connectivity index (χ3n) is 3.76. The molecule has 0 aliphatic carbocycles. The number of nitrogens with one attached hydrogen (secondary N) is 1. The van der Waals surface area contributed by atoms with E-state index in [2.05, 4.69) is 10.3 Å². The molecule has 144 valence electrons. The molecule has 1 N–H and O–H groups in total. The molecule has 1 aliphatic rings. The van der Waals surface area contributed by atoms with E-state index in [1.54, 1.807) is 38.0 Å². The number of piperazine rings is 1. The summed E-state index contributed by atoms with van der Waals surface area (Å²) < 4.78 is 0. The van der Waals surface area contributed by atoms with Gasteiger partial charge in [0.25, 0.3) is 0 Å². The van der Waals surface area contributed by atoms with E-state index < -0.39 is 0 Å². The molecule has 0 spiro atoms. The van der Waals surface area contributed by atoms with Gasteiger partial charge in [0.1, 0.15) is 6.54 Å². The first kappa shape index (κ1) is 23.4. The molecule has 0 aromatic carbocycles. The van der Waals surface area contributed by atoms with Crippen LogP contribution in [0.3, 0.4) is 0 Å². The maximum absolute atomic E-state index is 12.1. The second-order valence-corrected chi connectivity index (χ2v) is 5.96. The first-order valence-electron chi connectivity index (χ1n) is 7.97. The summed E-state index contributed by atoms with van der Waals surface area (Å²) in [7, 11) is 6.65. The van der Waals surface area contributed by atoms with E-state index in [0.717, 1.165) is 0 Å². The Kier molecular flexibility index (Phi) is 10.4. The van der Waals surface area contributed by atoms with Crippen LogP contribution >= 0.6 is 24.0 Å². The lowest BCUT2D eigenvalue weighted by Crippen LogP contribution is -2.56. The second kappa shape index (κ2) is 11.1. The fourth-order valence-corrected chi connectivity index (χ4v) is 2.09. The molecule has 1 aliphatic heterocycles. The minimum Gasteiger partial charge on any atom is -0.347 e. The number of amides is 3. The Bertz CT molecular complexity index is 509. The van der Waals surface area contributed by atoms with Crippen molar-refractivity contribution in [3.63, 3.8) is 0 Å². The van der Waals surface area contributed by atoms with Crippen LogP contribution < -0.4 is 5.32 Å². The molecule has 0 aromatic heterocycles. The minimum atomic E-state index is -0.147. The van der Waals surface area contributed by atoms with E-state index in [1.807, 2.05) is 6.92 Å². The zero-order chi connectivity index (χ0) is 18.3. The van der Waals surface area contributed by atoms with Gasteiger partial charge in [-0.15, -0.1) is 24.0 Å². The van der Waals surface area contributed by atoms with Gasteiger partial charge in [0.15, 0.2) is 5.96 Å². The number of halogens is 1. The standard InChI is InChI=1S/C15H28N6O3.HI/c1-6-20-7-8-21(11-14(20)24)15(16-9-12(22)18(2)3)17-10-13(23)19(4)5;/h6-11H2,1-5H3,(H,16,17);1H. The molecule has 25 heavy (non-hydrogen) atoms. The third kappa shape index (κ3) is 7.45. The maximum atomic E-state index is 12.1. The summed E-state index contributed by atoms with van der Waals surface area (Å²) in [4.78, 5) is 46.4. The van der Waals surface area contributed by atoms with Crippen molar-refractivity contribution >= 4 is 47.7 Å². The summed E-state index contributed by atoms with van der Waals surface area (Å²) in [5.41, 5.74) is 0. The van der Waals surface area contributed by atoms with Gasteiger partial charge < -0.3 is 24.9 Å². The highest BCUT2D eigenvalue weighted by atomic mass is 127. The number of likely N-dealkylation sites (N-methyl/N-ethyl adjacent to an activating group) is 3. The fourth-order valence-electron chi connectivity index (χ4n) is 2.09. The van der Waals surface area contributed by atoms with E-state index in [0.29, 0.717) is 25.6 Å². The Morgan fingerprint density at radius 2 is 1.72 bits per heavy atom. The number of nitrogens with zero attached hydrogens (tertiary/aromatic N) is 5. The lowest BCUT2D eigenvalue weighted by Gasteiger charge is -2.35. The molecule has 1 heterocycles. The number of carbonyl (C=O) groups excluding carboxylic acids is 3. The predicted molar refractivity (Wildman–Crippen MR) is 107 cm³/mol. The number of carbonyl (C=O) groups is 3. The smallest absolute Gasteiger partial charge is 0.243 e. The number of aliphatic imine (C=N–C) groups is 1. The number of guanidine groups is 1. The van der Waals surface area contributed by atoms with Gasteiger partial charge >= 0.3 is 0 Å². The average Bonchev–Trinajstić information content (AvgIpc) is 2.53. The van der Waals surface area contributed by atoms with Crippen molar-refractivity contribution in [3.8, 4) is 0 Å². The molecule has 10 heteroatoms. The Morgan fingerprint density at radius 3 is 2.20 bits per heavy atom. The monoisotopic (exact) mass is 468 g/mol. The van der Waals surface area contributed by atoms with Crippen LogP contribution in [0.15, 0.2) is 4.99 Å². The molecule has 0 saturated carbocycles. The second-order valence-electron chi connectivity index (χ2n) is 5.96. The molecule has 1 rings (SSSR count). The van der Waals surface area contributed by atoms with Gasteiger partial charge in [0.05, 0.1) is 13.1 Å². The van der Waals surface area contributed by atoms with Crippen LogP contribution in [0.25, 0.3) is 0 Å². The molecule has 0 bridgehead atoms. The average molecular weight is 468 g/mol. The van der Waals surface area contributed by atoms with Crippen molar-refractivity contribution in [2.45, 2.75) is 6.92 Å². The molecule has 9 nitrogen and oxygen atoms in total. The largest absolute Gasteiger partial charge is 0.347 e. The Labute approximate surface area is 166 Å². The third-order valence-corrected chi connectivity index (χ3v) is 3.76. The van der Waals surface area contributed by atoms with Gasteiger partial charge in [-0.1, -0.05) is 0 Å². The van der Waals surface area contributed by atoms with E-state index in [1.165, 1.54) is 9.80 Å². The Hall–Kier alpha value is -1.59. The summed E-state index contributed by atoms with van der Waals surface area (Å²) in [6.07, 6.45) is 0. The SMILES string of the molecule is CCN1CCN(C(=NCC(=O)N(C)C)NCC(=O)N(C)C)CC1=O.I. The van der Waals surface area contributed by atoms with Crippen molar-refractivity contribution < 1.29 is 14.4 Å². The van der Waals surface area contributed by atoms with Crippen LogP contribution in [0.4, 0.5) is 0 Å². The first-order valence-corrected chi connectivity index (χ1v) is 7.97. The van der Waals surface area contributed by atoms with E-state index >= 15 is 0 Å². The van der Waals surface area contributed by atoms with E-state index in [-0.39, 0.29) is 61.3 Å². The number of hydrogen-bond donors (Lipinski definition) is 1. The van der Waals surface area contributed by atoms with E-state index in [4.69, 9.17) is 0 Å². The molecule has 0 aromatic rings. The zero-order valence-electron chi connectivity index (χ0n) is 15.6. The zero-order valence-corrected chi connectivity index (χ0v) is 17.9. The van der Waals surface area contributed by atoms with Gasteiger partial charge in [-0.25, -0.2) is 4.99 Å². The Balaban J connectivity index is 0.00000576. The van der Waals surface area contributed by atoms with Gasteiger partial charge in [-0.2, -0.15) is 0 Å². The van der Waals surface area contributed by atoms with Crippen LogP contribution in [0.5, 0.6) is 0 Å². The van der Waals surface area contributed by atoms with Crippen LogP contribution in [0, 0.1) is 0 Å². The van der Waals surface area contributed by atoms with Crippen molar-refractivity contribution in [2.75, 3.05) is 67.5 Å². The van der Waals surface area contributed by atoms with Crippen molar-refractivity contribution in [3.05, 3.63) is 0 Å². The highest BCUT2D eigenvalue weighted by Crippen LogP contribution is 2.03. The molecule has 0 radical (unpaired) electrons. The molecular weight excluding hydrogens is 439 g/mol. The summed E-state index contributed by atoms with van der Waals surface area (Å²) in [6.45, 7) is 4.03. The molecule has 1 fully saturated rings. The van der Waals surface area contributed by atoms with Crippen molar-refractivity contribution in [2.24, 2.45) is 4.99 Å². The maximum Gasteiger partial charge on any atom is 0.243 e. The van der Waals surface area contributed by atoms with Crippen LogP contribution in [-0.2, 0) is 14.4 Å². The van der Waals surface area contributed by atoms with Crippen LogP contribution in [-0.4, -0.2) is 111 Å². The van der Waals surface area contributed by atoms with Gasteiger partial charge in [0.2, 0.25) is 17.7 Å². The lowest BCUT2D eigenvalue weighted by atomic mass is 10.3. The van der Waals surface area contributed by atoms with Crippen molar-refractivity contribution in [1.29, 1.82) is 0 Å². The summed E-state index contributed by atoms with van der Waals surface area (Å²) >= 11 is 0. The van der Waals surface area contributed by atoms with Crippen LogP contribution in [0.2, 0.25) is 0 Å². The summed E-state index contributed by atoms with van der Waals surface area (Å²) in [6, 6.07) is 0. The number of hydrogen-bond acceptors (Lipinski definition) is 4. The Morgan fingerprint density at radius 1 is 1.12 bits per heavy atom. The lowest BCUT2D eigenvalue weighted by molar-refractivity contribution is -0.134. The predicted octanol–water partition coefficient (Wildman–Crippen LogP) is -1.11. The minimum absolute atomic E-state index is 0. The molecular formula is C15H29IN6O3. The highest BCUT2D eigenvalue weighted by Gasteiger charge is 2.25. The highest BCUT2D eigenvalue weighted by molar-refractivity contribution is 14.0. The van der Waals surface area contributed by atoms with Gasteiger partial charge in [-0.05, 0) is 6.92 Å². The van der Waals surface area contributed by atoms with Gasteiger partial charge in [-0.3, -0.25) is 14.4 Å². The van der Waals surface area contributed by atoms with Crippen molar-refractivity contribution in [1.82, 2.24) is 24.9 Å². The van der Waals surface area contributed by atoms with Crippen LogP contribution in [0.1, 0.15) is 6.92 Å². The normalized spacial score (nSPS) is 14.8. The fraction of sp³-hybridized carbons (Fsp3) is 0.733. The quantitative estimate of drug-likeness (QED) is 0.314. The summed E-state index contributed by atoms with van der Waals surface area (Å²) in [5, 5.41) is 2.96. The molecule has 0 atom stereocenters. The topological polar surface area (TPSA) is 88.6 Å². The molecule has 1 saturated heterocycles. The summed E-state index contributed by atoms with van der Waals surface area (Å²) in [5.74, 6) is 0.160. The first-order chi connectivity index (χ1) is 11.3.